The molecular formula is C9H17NO4. The van der Waals surface area contributed by atoms with Crippen LogP contribution in [0.4, 0.5) is 0 Å². The van der Waals surface area contributed by atoms with Crippen LogP contribution in [0.2, 0.25) is 0 Å². The molecule has 82 valence electrons. The predicted molar refractivity (Wildman–Crippen MR) is 50.9 cm³/mol. The Balaban J connectivity index is 4.68. The molecule has 14 heavy (non-hydrogen) atoms. The van der Waals surface area contributed by atoms with Gasteiger partial charge in [-0.25, -0.2) is 4.79 Å². The molecule has 2 N–H and O–H groups in total. The normalized spacial score (nSPS) is 15.7. The van der Waals surface area contributed by atoms with Gasteiger partial charge in [-0.1, -0.05) is 0 Å². The van der Waals surface area contributed by atoms with Crippen LogP contribution in [0.1, 0.15) is 27.2 Å². The van der Waals surface area contributed by atoms with E-state index in [1.807, 2.05) is 0 Å². The lowest BCUT2D eigenvalue weighted by molar-refractivity contribution is -0.148. The number of aliphatic carboxylic acids is 1. The Bertz CT molecular complexity index is 227. The molecule has 1 amide bonds. The molecule has 0 saturated heterocycles. The molecule has 0 fully saturated rings. The second-order valence-corrected chi connectivity index (χ2v) is 4.04. The fourth-order valence-corrected chi connectivity index (χ4v) is 1.24. The van der Waals surface area contributed by atoms with Crippen LogP contribution in [0.25, 0.3) is 0 Å². The highest BCUT2D eigenvalue weighted by molar-refractivity contribution is 5.81. The molecule has 0 aliphatic rings. The van der Waals surface area contributed by atoms with Crippen LogP contribution >= 0.6 is 0 Å². The Morgan fingerprint density at radius 2 is 2.00 bits per heavy atom. The predicted octanol–water partition coefficient (Wildman–Crippen LogP) is 0.391. The fourth-order valence-electron chi connectivity index (χ4n) is 1.24. The molecule has 0 aromatic heterocycles. The summed E-state index contributed by atoms with van der Waals surface area (Å²) >= 11 is 0. The van der Waals surface area contributed by atoms with E-state index >= 15 is 0 Å². The number of ether oxygens (including phenoxy) is 1. The van der Waals surface area contributed by atoms with Crippen LogP contribution in [0.15, 0.2) is 0 Å². The van der Waals surface area contributed by atoms with Crippen molar-refractivity contribution in [3.63, 3.8) is 0 Å². The maximum atomic E-state index is 10.9. The van der Waals surface area contributed by atoms with Gasteiger partial charge in [0.15, 0.2) is 0 Å². The maximum absolute atomic E-state index is 10.9. The number of nitrogens with one attached hydrogen (secondary N) is 1. The third-order valence-electron chi connectivity index (χ3n) is 2.18. The smallest absolute Gasteiger partial charge is 0.329 e. The van der Waals surface area contributed by atoms with Crippen LogP contribution < -0.4 is 5.32 Å². The summed E-state index contributed by atoms with van der Waals surface area (Å²) in [4.78, 5) is 21.2. The number of hydrogen-bond acceptors (Lipinski definition) is 3. The van der Waals surface area contributed by atoms with Crippen molar-refractivity contribution in [1.29, 1.82) is 0 Å². The molecule has 5 nitrogen and oxygen atoms in total. The minimum Gasteiger partial charge on any atom is -0.480 e. The highest BCUT2D eigenvalue weighted by Gasteiger charge is 2.38. The van der Waals surface area contributed by atoms with Crippen LogP contribution in [0.3, 0.4) is 0 Å². The van der Waals surface area contributed by atoms with E-state index in [9.17, 15) is 9.59 Å². The summed E-state index contributed by atoms with van der Waals surface area (Å²) in [6.07, 6.45) is 0.588. The average molecular weight is 203 g/mol. The number of rotatable bonds is 6. The van der Waals surface area contributed by atoms with Gasteiger partial charge < -0.3 is 15.2 Å². The van der Waals surface area contributed by atoms with Crippen molar-refractivity contribution < 1.29 is 19.4 Å². The molecule has 0 aliphatic carbocycles. The highest BCUT2D eigenvalue weighted by Crippen LogP contribution is 2.22. The minimum absolute atomic E-state index is 0.199. The number of carbonyl (C=O) groups excluding carboxylic acids is 1. The Hall–Kier alpha value is -1.10. The first-order valence-corrected chi connectivity index (χ1v) is 4.27. The Morgan fingerprint density at radius 3 is 2.29 bits per heavy atom. The number of methoxy groups -OCH3 is 1. The van der Waals surface area contributed by atoms with E-state index in [-0.39, 0.29) is 6.42 Å². The standard InChI is InChI=1S/C9H17NO4/c1-8(2,14-4)5-9(3,7(12)13)10-6-11/h6H,5H2,1-4H3,(H,10,11)(H,12,13). The monoisotopic (exact) mass is 203 g/mol. The van der Waals surface area contributed by atoms with E-state index < -0.39 is 17.1 Å². The van der Waals surface area contributed by atoms with E-state index in [2.05, 4.69) is 5.32 Å². The summed E-state index contributed by atoms with van der Waals surface area (Å²) in [5.41, 5.74) is -1.88. The van der Waals surface area contributed by atoms with Gasteiger partial charge >= 0.3 is 5.97 Å². The van der Waals surface area contributed by atoms with Crippen molar-refractivity contribution in [3.05, 3.63) is 0 Å². The molecule has 0 aromatic carbocycles. The molecule has 5 heteroatoms. The van der Waals surface area contributed by atoms with Crippen molar-refractivity contribution >= 4 is 12.4 Å². The van der Waals surface area contributed by atoms with Gasteiger partial charge in [0.25, 0.3) is 0 Å². The van der Waals surface area contributed by atoms with Crippen LogP contribution in [0, 0.1) is 0 Å². The van der Waals surface area contributed by atoms with E-state index in [4.69, 9.17) is 9.84 Å². The molecule has 1 unspecified atom stereocenters. The lowest BCUT2D eigenvalue weighted by Crippen LogP contribution is -2.53. The van der Waals surface area contributed by atoms with Gasteiger partial charge in [0.05, 0.1) is 5.60 Å². The van der Waals surface area contributed by atoms with Gasteiger partial charge in [0, 0.05) is 13.5 Å². The number of carbonyl (C=O) groups is 2. The van der Waals surface area contributed by atoms with Crippen molar-refractivity contribution in [1.82, 2.24) is 5.32 Å². The quantitative estimate of drug-likeness (QED) is 0.612. The zero-order chi connectivity index (χ0) is 11.4. The summed E-state index contributed by atoms with van der Waals surface area (Å²) in [5.74, 6) is -1.07. The third kappa shape index (κ3) is 3.33. The molecule has 0 saturated carbocycles. The molecule has 0 aromatic rings. The number of carboxylic acid groups (broad SMARTS) is 1. The Kier molecular flexibility index (Phi) is 4.07. The van der Waals surface area contributed by atoms with E-state index in [0.717, 1.165) is 0 Å². The molecule has 0 spiro atoms. The lowest BCUT2D eigenvalue weighted by atomic mass is 9.88. The fraction of sp³-hybridized carbons (Fsp3) is 0.778. The second-order valence-electron chi connectivity index (χ2n) is 4.04. The molecule has 0 bridgehead atoms. The molecule has 0 heterocycles. The van der Waals surface area contributed by atoms with Gasteiger partial charge in [-0.2, -0.15) is 0 Å². The summed E-state index contributed by atoms with van der Waals surface area (Å²) in [6, 6.07) is 0. The van der Waals surface area contributed by atoms with Crippen molar-refractivity contribution in [2.45, 2.75) is 38.3 Å². The first-order valence-electron chi connectivity index (χ1n) is 4.27. The van der Waals surface area contributed by atoms with Crippen molar-refractivity contribution in [2.75, 3.05) is 7.11 Å². The zero-order valence-corrected chi connectivity index (χ0v) is 8.96. The van der Waals surface area contributed by atoms with Crippen molar-refractivity contribution in [3.8, 4) is 0 Å². The van der Waals surface area contributed by atoms with Crippen molar-refractivity contribution in [2.24, 2.45) is 0 Å². The molecule has 0 aliphatic heterocycles. The molecule has 1 atom stereocenters. The van der Waals surface area contributed by atoms with Gasteiger partial charge in [-0.05, 0) is 20.8 Å². The highest BCUT2D eigenvalue weighted by atomic mass is 16.5. The maximum Gasteiger partial charge on any atom is 0.329 e. The Morgan fingerprint density at radius 1 is 1.50 bits per heavy atom. The van der Waals surface area contributed by atoms with Crippen LogP contribution in [-0.4, -0.2) is 35.7 Å². The summed E-state index contributed by atoms with van der Waals surface area (Å²) < 4.78 is 5.11. The van der Waals surface area contributed by atoms with E-state index in [0.29, 0.717) is 6.41 Å². The third-order valence-corrected chi connectivity index (χ3v) is 2.18. The zero-order valence-electron chi connectivity index (χ0n) is 8.96. The van der Waals surface area contributed by atoms with E-state index in [1.54, 1.807) is 13.8 Å². The topological polar surface area (TPSA) is 75.6 Å². The summed E-state index contributed by atoms with van der Waals surface area (Å²) in [5, 5.41) is 11.2. The second kappa shape index (κ2) is 4.41. The first-order chi connectivity index (χ1) is 6.27. The molecular weight excluding hydrogens is 186 g/mol. The first kappa shape index (κ1) is 12.9. The Labute approximate surface area is 83.4 Å². The lowest BCUT2D eigenvalue weighted by Gasteiger charge is -2.33. The van der Waals surface area contributed by atoms with Gasteiger partial charge in [-0.3, -0.25) is 4.79 Å². The van der Waals surface area contributed by atoms with Gasteiger partial charge in [0.2, 0.25) is 6.41 Å². The van der Waals surface area contributed by atoms with Gasteiger partial charge in [0.1, 0.15) is 5.54 Å². The number of hydrogen-bond donors (Lipinski definition) is 2. The van der Waals surface area contributed by atoms with Crippen LogP contribution in [0.5, 0.6) is 0 Å². The molecule has 0 rings (SSSR count). The SMILES string of the molecule is COC(C)(C)CC(C)(NC=O)C(=O)O. The molecule has 0 radical (unpaired) electrons. The minimum atomic E-state index is -1.29. The summed E-state index contributed by atoms with van der Waals surface area (Å²) in [7, 11) is 1.50. The average Bonchev–Trinajstić information content (AvgIpc) is 2.03. The van der Waals surface area contributed by atoms with Crippen LogP contribution in [-0.2, 0) is 14.3 Å². The largest absolute Gasteiger partial charge is 0.480 e. The summed E-state index contributed by atoms with van der Waals surface area (Å²) in [6.45, 7) is 4.98. The number of amides is 1. The van der Waals surface area contributed by atoms with E-state index in [1.165, 1.54) is 14.0 Å². The van der Waals surface area contributed by atoms with Gasteiger partial charge in [-0.15, -0.1) is 0 Å². The number of carboxylic acids is 1.